The van der Waals surface area contributed by atoms with Crippen LogP contribution in [0, 0.1) is 0 Å². The number of likely N-dealkylation sites (N-methyl/N-ethyl adjacent to an activating group) is 1. The minimum atomic E-state index is 0.885. The van der Waals surface area contributed by atoms with Crippen molar-refractivity contribution in [3.8, 4) is 0 Å². The van der Waals surface area contributed by atoms with Gasteiger partial charge in [0.2, 0.25) is 0 Å². The van der Waals surface area contributed by atoms with Crippen LogP contribution >= 0.6 is 0 Å². The van der Waals surface area contributed by atoms with Crippen molar-refractivity contribution < 1.29 is 0 Å². The van der Waals surface area contributed by atoms with Crippen LogP contribution in [-0.2, 0) is 0 Å². The number of piperazine rings is 1. The van der Waals surface area contributed by atoms with Gasteiger partial charge in [-0.15, -0.1) is 0 Å². The van der Waals surface area contributed by atoms with Crippen molar-refractivity contribution in [2.24, 2.45) is 4.99 Å². The van der Waals surface area contributed by atoms with E-state index in [9.17, 15) is 0 Å². The molecule has 0 bridgehead atoms. The fourth-order valence-electron chi connectivity index (χ4n) is 2.36. The zero-order valence-corrected chi connectivity index (χ0v) is 11.1. The Morgan fingerprint density at radius 1 is 1.35 bits per heavy atom. The van der Waals surface area contributed by atoms with E-state index in [2.05, 4.69) is 41.4 Å². The third-order valence-corrected chi connectivity index (χ3v) is 3.55. The van der Waals surface area contributed by atoms with Gasteiger partial charge in [-0.2, -0.15) is 0 Å². The molecule has 3 nitrogen and oxygen atoms in total. The third-order valence-electron chi connectivity index (χ3n) is 3.55. The molecule has 0 aliphatic carbocycles. The first-order valence-corrected chi connectivity index (χ1v) is 6.57. The van der Waals surface area contributed by atoms with Crippen LogP contribution in [0.1, 0.15) is 19.8 Å². The highest BCUT2D eigenvalue weighted by Gasteiger charge is 2.19. The van der Waals surface area contributed by atoms with Crippen molar-refractivity contribution in [3.05, 3.63) is 23.9 Å². The number of aliphatic imine (C=N–C) groups is 1. The van der Waals surface area contributed by atoms with Gasteiger partial charge in [0, 0.05) is 26.2 Å². The lowest BCUT2D eigenvalue weighted by atomic mass is 10.1. The van der Waals surface area contributed by atoms with Crippen molar-refractivity contribution in [2.45, 2.75) is 19.8 Å². The Morgan fingerprint density at radius 3 is 2.71 bits per heavy atom. The van der Waals surface area contributed by atoms with Crippen LogP contribution in [0.3, 0.4) is 0 Å². The van der Waals surface area contributed by atoms with Gasteiger partial charge in [-0.25, -0.2) is 0 Å². The Kier molecular flexibility index (Phi) is 4.00. The number of hydrogen-bond donors (Lipinski definition) is 0. The molecule has 0 aromatic carbocycles. The summed E-state index contributed by atoms with van der Waals surface area (Å²) in [4.78, 5) is 9.32. The highest BCUT2D eigenvalue weighted by Crippen LogP contribution is 2.18. The summed E-state index contributed by atoms with van der Waals surface area (Å²) in [6.07, 6.45) is 4.61. The molecule has 0 aromatic heterocycles. The van der Waals surface area contributed by atoms with Crippen LogP contribution in [0.25, 0.3) is 0 Å². The topological polar surface area (TPSA) is 18.8 Å². The lowest BCUT2D eigenvalue weighted by Gasteiger charge is -2.34. The van der Waals surface area contributed by atoms with E-state index in [-0.39, 0.29) is 0 Å². The standard InChI is InChI=1S/C14H23N3/c1-4-5-13-10-14(15-11-13)12(2)17-8-6-16(3)7-9-17/h10H,2,4-9,11H2,1,3H3. The Bertz CT molecular complexity index is 346. The average molecular weight is 233 g/mol. The largest absolute Gasteiger partial charge is 0.368 e. The monoisotopic (exact) mass is 233 g/mol. The van der Waals surface area contributed by atoms with Gasteiger partial charge in [0.1, 0.15) is 0 Å². The smallest absolute Gasteiger partial charge is 0.0805 e. The Hall–Kier alpha value is -1.09. The first-order valence-electron chi connectivity index (χ1n) is 6.57. The van der Waals surface area contributed by atoms with E-state index in [0.717, 1.165) is 44.1 Å². The van der Waals surface area contributed by atoms with Gasteiger partial charge < -0.3 is 9.80 Å². The lowest BCUT2D eigenvalue weighted by Crippen LogP contribution is -2.44. The minimum Gasteiger partial charge on any atom is -0.368 e. The maximum atomic E-state index is 4.60. The van der Waals surface area contributed by atoms with E-state index in [0.29, 0.717) is 0 Å². The fourth-order valence-corrected chi connectivity index (χ4v) is 2.36. The number of hydrogen-bond acceptors (Lipinski definition) is 3. The Labute approximate surface area is 105 Å². The predicted octanol–water partition coefficient (Wildman–Crippen LogP) is 1.93. The first-order chi connectivity index (χ1) is 8.20. The Balaban J connectivity index is 1.93. The van der Waals surface area contributed by atoms with E-state index in [1.807, 2.05) is 0 Å². The highest BCUT2D eigenvalue weighted by atomic mass is 15.3. The van der Waals surface area contributed by atoms with E-state index in [4.69, 9.17) is 0 Å². The molecule has 3 heteroatoms. The van der Waals surface area contributed by atoms with Gasteiger partial charge in [-0.3, -0.25) is 4.99 Å². The molecule has 17 heavy (non-hydrogen) atoms. The summed E-state index contributed by atoms with van der Waals surface area (Å²) in [5.41, 5.74) is 3.68. The number of nitrogens with zero attached hydrogens (tertiary/aromatic N) is 3. The van der Waals surface area contributed by atoms with Gasteiger partial charge >= 0.3 is 0 Å². The van der Waals surface area contributed by atoms with Crippen LogP contribution < -0.4 is 0 Å². The second-order valence-corrected chi connectivity index (χ2v) is 4.99. The minimum absolute atomic E-state index is 0.885. The summed E-state index contributed by atoms with van der Waals surface area (Å²) in [7, 11) is 2.17. The van der Waals surface area contributed by atoms with Crippen molar-refractivity contribution in [1.82, 2.24) is 9.80 Å². The zero-order valence-electron chi connectivity index (χ0n) is 11.1. The molecule has 0 saturated carbocycles. The average Bonchev–Trinajstić information content (AvgIpc) is 2.78. The number of allylic oxidation sites excluding steroid dienone is 1. The summed E-state index contributed by atoms with van der Waals surface area (Å²) in [5.74, 6) is 0. The van der Waals surface area contributed by atoms with Crippen LogP contribution in [0.2, 0.25) is 0 Å². The van der Waals surface area contributed by atoms with Crippen LogP contribution in [0.5, 0.6) is 0 Å². The molecule has 0 aromatic rings. The third kappa shape index (κ3) is 2.97. The molecular weight excluding hydrogens is 210 g/mol. The molecule has 0 amide bonds. The molecule has 0 unspecified atom stereocenters. The summed E-state index contributed by atoms with van der Waals surface area (Å²) in [6.45, 7) is 11.7. The van der Waals surface area contributed by atoms with E-state index in [1.54, 1.807) is 0 Å². The summed E-state index contributed by atoms with van der Waals surface area (Å²) < 4.78 is 0. The molecular formula is C14H23N3. The van der Waals surface area contributed by atoms with Crippen molar-refractivity contribution in [1.29, 1.82) is 0 Å². The summed E-state index contributed by atoms with van der Waals surface area (Å²) in [6, 6.07) is 0. The lowest BCUT2D eigenvalue weighted by molar-refractivity contribution is 0.193. The molecule has 94 valence electrons. The van der Waals surface area contributed by atoms with Gasteiger partial charge in [0.05, 0.1) is 18.0 Å². The number of rotatable bonds is 4. The quantitative estimate of drug-likeness (QED) is 0.739. The molecule has 0 atom stereocenters. The van der Waals surface area contributed by atoms with Crippen molar-refractivity contribution in [3.63, 3.8) is 0 Å². The SMILES string of the molecule is C=C(C1=NCC(CCC)=C1)N1CCN(C)CC1. The molecule has 0 spiro atoms. The fraction of sp³-hybridized carbons (Fsp3) is 0.643. The Morgan fingerprint density at radius 2 is 2.06 bits per heavy atom. The zero-order chi connectivity index (χ0) is 12.3. The maximum Gasteiger partial charge on any atom is 0.0805 e. The van der Waals surface area contributed by atoms with Gasteiger partial charge in [0.15, 0.2) is 0 Å². The van der Waals surface area contributed by atoms with Crippen LogP contribution in [0.15, 0.2) is 28.9 Å². The first kappa shape index (κ1) is 12.4. The molecule has 0 radical (unpaired) electrons. The molecule has 1 fully saturated rings. The van der Waals surface area contributed by atoms with Crippen molar-refractivity contribution in [2.75, 3.05) is 39.8 Å². The normalized spacial score (nSPS) is 21.4. The second kappa shape index (κ2) is 5.50. The van der Waals surface area contributed by atoms with Crippen molar-refractivity contribution >= 4 is 5.71 Å². The van der Waals surface area contributed by atoms with Gasteiger partial charge in [0.25, 0.3) is 0 Å². The molecule has 0 N–H and O–H groups in total. The van der Waals surface area contributed by atoms with Gasteiger partial charge in [-0.1, -0.05) is 19.9 Å². The van der Waals surface area contributed by atoms with Crippen LogP contribution in [0.4, 0.5) is 0 Å². The predicted molar refractivity (Wildman–Crippen MR) is 73.5 cm³/mol. The van der Waals surface area contributed by atoms with Crippen LogP contribution in [-0.4, -0.2) is 55.3 Å². The molecule has 2 rings (SSSR count). The second-order valence-electron chi connectivity index (χ2n) is 4.99. The molecule has 2 aliphatic rings. The maximum absolute atomic E-state index is 4.60. The highest BCUT2D eigenvalue weighted by molar-refractivity contribution is 6.09. The van der Waals surface area contributed by atoms with E-state index < -0.39 is 0 Å². The van der Waals surface area contributed by atoms with Gasteiger partial charge in [-0.05, 0) is 25.1 Å². The molecule has 2 aliphatic heterocycles. The van der Waals surface area contributed by atoms with E-state index >= 15 is 0 Å². The summed E-state index contributed by atoms with van der Waals surface area (Å²) >= 11 is 0. The summed E-state index contributed by atoms with van der Waals surface area (Å²) in [5, 5.41) is 0. The van der Waals surface area contributed by atoms with E-state index in [1.165, 1.54) is 18.4 Å². The molecule has 1 saturated heterocycles. The molecule has 2 heterocycles.